The SMILES string of the molecule is c1ccc2cc3c(cc2c1)c1c2ccccc2ccc1n3-c1cc(-c2nc(-c3cccc4sc5ccccc5c34)nc(-n3c4ccccc4c4ccccc43)n2)cc2oc3ccccc3c12. The Morgan fingerprint density at radius 1 is 0.364 bits per heavy atom. The summed E-state index contributed by atoms with van der Waals surface area (Å²) < 4.78 is 13.9. The highest BCUT2D eigenvalue weighted by molar-refractivity contribution is 7.25. The quantitative estimate of drug-likeness (QED) is 0.177. The van der Waals surface area contributed by atoms with Crippen molar-refractivity contribution < 1.29 is 4.42 Å². The van der Waals surface area contributed by atoms with E-state index in [1.165, 1.54) is 47.1 Å². The average Bonchev–Trinajstić information content (AvgIpc) is 4.13. The van der Waals surface area contributed by atoms with E-state index < -0.39 is 0 Å². The summed E-state index contributed by atoms with van der Waals surface area (Å²) in [7, 11) is 0. The number of hydrogen-bond acceptors (Lipinski definition) is 5. The van der Waals surface area contributed by atoms with E-state index in [9.17, 15) is 0 Å². The van der Waals surface area contributed by atoms with Crippen molar-refractivity contribution in [2.75, 3.05) is 0 Å². The maximum atomic E-state index is 6.86. The van der Waals surface area contributed by atoms with E-state index in [0.717, 1.165) is 77.0 Å². The summed E-state index contributed by atoms with van der Waals surface area (Å²) in [6.45, 7) is 0. The molecule has 0 N–H and O–H groups in total. The topological polar surface area (TPSA) is 61.7 Å². The first-order chi connectivity index (χ1) is 32.7. The lowest BCUT2D eigenvalue weighted by molar-refractivity contribution is 0.669. The van der Waals surface area contributed by atoms with E-state index >= 15 is 0 Å². The van der Waals surface area contributed by atoms with Gasteiger partial charge >= 0.3 is 0 Å². The highest BCUT2D eigenvalue weighted by Gasteiger charge is 2.24. The van der Waals surface area contributed by atoms with Crippen LogP contribution in [0.4, 0.5) is 0 Å². The van der Waals surface area contributed by atoms with Crippen LogP contribution in [-0.4, -0.2) is 24.1 Å². The number of furan rings is 1. The molecule has 0 fully saturated rings. The van der Waals surface area contributed by atoms with Crippen molar-refractivity contribution in [1.82, 2.24) is 24.1 Å². The zero-order valence-corrected chi connectivity index (χ0v) is 35.9. The minimum absolute atomic E-state index is 0.546. The van der Waals surface area contributed by atoms with E-state index in [0.29, 0.717) is 17.6 Å². The maximum absolute atomic E-state index is 6.86. The third-order valence-electron chi connectivity index (χ3n) is 13.5. The molecule has 0 spiro atoms. The Bertz CT molecular complexity index is 4500. The molecular formula is C59H33N5OS. The molecule has 0 unspecified atom stereocenters. The van der Waals surface area contributed by atoms with Gasteiger partial charge in [0.25, 0.3) is 0 Å². The molecule has 66 heavy (non-hydrogen) atoms. The zero-order chi connectivity index (χ0) is 43.0. The molecule has 0 aliphatic rings. The van der Waals surface area contributed by atoms with Gasteiger partial charge in [-0.2, -0.15) is 9.97 Å². The number of rotatable bonds is 4. The lowest BCUT2D eigenvalue weighted by Crippen LogP contribution is -2.07. The molecule has 6 nitrogen and oxygen atoms in total. The van der Waals surface area contributed by atoms with Crippen molar-refractivity contribution in [3.8, 4) is 34.4 Å². The molecule has 0 aliphatic carbocycles. The van der Waals surface area contributed by atoms with Gasteiger partial charge in [0.05, 0.1) is 33.1 Å². The highest BCUT2D eigenvalue weighted by atomic mass is 32.1. The number of benzene rings is 10. The van der Waals surface area contributed by atoms with Crippen LogP contribution < -0.4 is 0 Å². The number of thiophene rings is 1. The molecule has 5 heterocycles. The first-order valence-corrected chi connectivity index (χ1v) is 23.0. The molecule has 0 atom stereocenters. The normalized spacial score (nSPS) is 12.2. The smallest absolute Gasteiger partial charge is 0.238 e. The van der Waals surface area contributed by atoms with Gasteiger partial charge in [0.1, 0.15) is 11.2 Å². The van der Waals surface area contributed by atoms with Gasteiger partial charge in [0, 0.05) is 58.2 Å². The van der Waals surface area contributed by atoms with Crippen molar-refractivity contribution >= 4 is 119 Å². The fourth-order valence-electron chi connectivity index (χ4n) is 10.7. The molecule has 5 aromatic heterocycles. The van der Waals surface area contributed by atoms with E-state index in [2.05, 4.69) is 203 Å². The minimum atomic E-state index is 0.546. The van der Waals surface area contributed by atoms with E-state index in [1.807, 2.05) is 6.07 Å². The van der Waals surface area contributed by atoms with Gasteiger partial charge in [-0.05, 0) is 82.2 Å². The lowest BCUT2D eigenvalue weighted by Gasteiger charge is -2.14. The van der Waals surface area contributed by atoms with Crippen LogP contribution in [0.25, 0.3) is 142 Å². The van der Waals surface area contributed by atoms with Crippen LogP contribution in [0.1, 0.15) is 0 Å². The molecule has 0 saturated carbocycles. The third kappa shape index (κ3) is 5.03. The fourth-order valence-corrected chi connectivity index (χ4v) is 11.8. The second-order valence-corrected chi connectivity index (χ2v) is 18.2. The van der Waals surface area contributed by atoms with Crippen molar-refractivity contribution in [2.45, 2.75) is 0 Å². The van der Waals surface area contributed by atoms with Crippen molar-refractivity contribution in [2.24, 2.45) is 0 Å². The minimum Gasteiger partial charge on any atom is -0.456 e. The van der Waals surface area contributed by atoms with Crippen LogP contribution >= 0.6 is 11.3 Å². The Morgan fingerprint density at radius 3 is 1.83 bits per heavy atom. The lowest BCUT2D eigenvalue weighted by atomic mass is 10.0. The molecule has 0 radical (unpaired) electrons. The highest BCUT2D eigenvalue weighted by Crippen LogP contribution is 2.45. The molecule has 10 aromatic carbocycles. The summed E-state index contributed by atoms with van der Waals surface area (Å²) in [5, 5.41) is 13.9. The Balaban J connectivity index is 1.08. The summed E-state index contributed by atoms with van der Waals surface area (Å²) in [4.78, 5) is 16.4. The van der Waals surface area contributed by atoms with Gasteiger partial charge in [-0.15, -0.1) is 11.3 Å². The number of fused-ring (bicyclic) bond motifs is 15. The molecule has 306 valence electrons. The van der Waals surface area contributed by atoms with Gasteiger partial charge < -0.3 is 8.98 Å². The fraction of sp³-hybridized carbons (Fsp3) is 0. The second kappa shape index (κ2) is 13.4. The number of para-hydroxylation sites is 3. The van der Waals surface area contributed by atoms with Gasteiger partial charge in [-0.3, -0.25) is 4.57 Å². The predicted octanol–water partition coefficient (Wildman–Crippen LogP) is 16.0. The first-order valence-electron chi connectivity index (χ1n) is 22.2. The molecule has 0 saturated heterocycles. The van der Waals surface area contributed by atoms with Crippen LogP contribution in [0.2, 0.25) is 0 Å². The number of nitrogens with zero attached hydrogens (tertiary/aromatic N) is 5. The second-order valence-electron chi connectivity index (χ2n) is 17.1. The summed E-state index contributed by atoms with van der Waals surface area (Å²) in [5.74, 6) is 1.70. The molecule has 7 heteroatoms. The molecule has 0 aliphatic heterocycles. The molecular weight excluding hydrogens is 827 g/mol. The largest absolute Gasteiger partial charge is 0.456 e. The molecule has 0 bridgehead atoms. The third-order valence-corrected chi connectivity index (χ3v) is 14.7. The predicted molar refractivity (Wildman–Crippen MR) is 275 cm³/mol. The van der Waals surface area contributed by atoms with E-state index in [4.69, 9.17) is 19.4 Å². The van der Waals surface area contributed by atoms with Crippen LogP contribution in [0, 0.1) is 0 Å². The number of aromatic nitrogens is 5. The Kier molecular flexibility index (Phi) is 7.28. The first kappa shape index (κ1) is 35.8. The van der Waals surface area contributed by atoms with Gasteiger partial charge in [-0.25, -0.2) is 4.98 Å². The summed E-state index contributed by atoms with van der Waals surface area (Å²) in [6.07, 6.45) is 0. The van der Waals surface area contributed by atoms with Crippen molar-refractivity contribution in [3.63, 3.8) is 0 Å². The van der Waals surface area contributed by atoms with Crippen molar-refractivity contribution in [3.05, 3.63) is 200 Å². The number of hydrogen-bond donors (Lipinski definition) is 0. The maximum Gasteiger partial charge on any atom is 0.238 e. The zero-order valence-electron chi connectivity index (χ0n) is 35.1. The average molecular weight is 860 g/mol. The molecule has 0 amide bonds. The molecule has 15 rings (SSSR count). The Labute approximate surface area is 379 Å². The Morgan fingerprint density at radius 2 is 1.02 bits per heavy atom. The van der Waals surface area contributed by atoms with Crippen LogP contribution in [-0.2, 0) is 0 Å². The molecule has 15 aromatic rings. The summed E-state index contributed by atoms with van der Waals surface area (Å²) in [5.41, 5.74) is 8.63. The standard InChI is InChI=1S/C59H33N5OS/c1-2-16-36-31-48-44(30-35(36)15-1)54-38-17-4-3-14-34(38)28-29-47(54)63(48)49-32-37(33-51-56(49)41-20-7-11-25-50(41)65-51)57-60-58(43-22-13-27-53-55(43)42-21-8-12-26-52(42)66-53)62-59(61-57)64-45-23-9-5-18-39(45)40-19-6-10-24-46(40)64/h1-33H. The Hall–Kier alpha value is -8.65. The van der Waals surface area contributed by atoms with Crippen LogP contribution in [0.5, 0.6) is 0 Å². The van der Waals surface area contributed by atoms with E-state index in [1.54, 1.807) is 11.3 Å². The van der Waals surface area contributed by atoms with E-state index in [-0.39, 0.29) is 0 Å². The van der Waals surface area contributed by atoms with Crippen LogP contribution in [0.15, 0.2) is 205 Å². The van der Waals surface area contributed by atoms with Crippen molar-refractivity contribution in [1.29, 1.82) is 0 Å². The van der Waals surface area contributed by atoms with Crippen LogP contribution in [0.3, 0.4) is 0 Å². The summed E-state index contributed by atoms with van der Waals surface area (Å²) in [6, 6.07) is 71.4. The summed E-state index contributed by atoms with van der Waals surface area (Å²) >= 11 is 1.79. The van der Waals surface area contributed by atoms with Gasteiger partial charge in [0.2, 0.25) is 5.95 Å². The van der Waals surface area contributed by atoms with Gasteiger partial charge in [-0.1, -0.05) is 140 Å². The monoisotopic (exact) mass is 859 g/mol. The van der Waals surface area contributed by atoms with Gasteiger partial charge in [0.15, 0.2) is 11.6 Å².